The van der Waals surface area contributed by atoms with Crippen molar-refractivity contribution in [3.63, 3.8) is 0 Å². The van der Waals surface area contributed by atoms with Gasteiger partial charge in [-0.2, -0.15) is 0 Å². The minimum atomic E-state index is 0.480. The molecule has 1 aromatic carbocycles. The van der Waals surface area contributed by atoms with Gasteiger partial charge >= 0.3 is 0 Å². The van der Waals surface area contributed by atoms with Gasteiger partial charge in [-0.05, 0) is 11.8 Å². The predicted molar refractivity (Wildman–Crippen MR) is 67.6 cm³/mol. The van der Waals surface area contributed by atoms with Crippen LogP contribution in [0.25, 0.3) is 10.1 Å². The van der Waals surface area contributed by atoms with Crippen LogP contribution in [0.4, 0.5) is 5.69 Å². The number of hydrogen-bond donors (Lipinski definition) is 1. The van der Waals surface area contributed by atoms with E-state index in [0.29, 0.717) is 5.88 Å². The highest BCUT2D eigenvalue weighted by Crippen LogP contribution is 2.37. The number of hydrogen-bond acceptors (Lipinski definition) is 3. The zero-order chi connectivity index (χ0) is 10.1. The number of rotatable bonds is 2. The van der Waals surface area contributed by atoms with Crippen LogP contribution >= 0.6 is 34.7 Å². The first-order chi connectivity index (χ1) is 6.77. The molecule has 1 aromatic heterocycles. The van der Waals surface area contributed by atoms with Crippen LogP contribution in [0, 0.1) is 0 Å². The highest BCUT2D eigenvalue weighted by atomic mass is 35.5. The van der Waals surface area contributed by atoms with Crippen molar-refractivity contribution in [1.82, 2.24) is 0 Å². The van der Waals surface area contributed by atoms with Crippen molar-refractivity contribution < 1.29 is 0 Å². The topological polar surface area (TPSA) is 26.0 Å². The summed E-state index contributed by atoms with van der Waals surface area (Å²) in [6.07, 6.45) is 2.08. The summed E-state index contributed by atoms with van der Waals surface area (Å²) in [5, 5.41) is 3.39. The summed E-state index contributed by atoms with van der Waals surface area (Å²) in [5.74, 6) is 0.480. The number of thioether (sulfide) groups is 1. The van der Waals surface area contributed by atoms with E-state index in [1.165, 1.54) is 10.3 Å². The van der Waals surface area contributed by atoms with Crippen LogP contribution in [-0.4, -0.2) is 6.26 Å². The zero-order valence-electron chi connectivity index (χ0n) is 7.71. The number of anilines is 1. The van der Waals surface area contributed by atoms with E-state index in [1.54, 1.807) is 23.1 Å². The SMILES string of the molecule is CSc1csc2c(N)c(CCl)ccc12. The molecule has 0 unspecified atom stereocenters. The average Bonchev–Trinajstić information content (AvgIpc) is 2.62. The second-order valence-corrected chi connectivity index (χ2v) is 4.95. The van der Waals surface area contributed by atoms with Gasteiger partial charge in [-0.25, -0.2) is 0 Å². The lowest BCUT2D eigenvalue weighted by Gasteiger charge is -2.03. The standard InChI is InChI=1S/C10H10ClNS2/c1-13-8-5-14-10-7(8)3-2-6(4-11)9(10)12/h2-3,5H,4,12H2,1H3. The van der Waals surface area contributed by atoms with Gasteiger partial charge in [-0.3, -0.25) is 0 Å². The molecule has 14 heavy (non-hydrogen) atoms. The summed E-state index contributed by atoms with van der Waals surface area (Å²) < 4.78 is 1.16. The molecule has 1 nitrogen and oxygen atoms in total. The molecule has 0 atom stereocenters. The van der Waals surface area contributed by atoms with Gasteiger partial charge in [0, 0.05) is 21.5 Å². The van der Waals surface area contributed by atoms with Crippen LogP contribution in [-0.2, 0) is 5.88 Å². The van der Waals surface area contributed by atoms with E-state index < -0.39 is 0 Å². The van der Waals surface area contributed by atoms with Crippen LogP contribution in [0.5, 0.6) is 0 Å². The molecule has 0 fully saturated rings. The van der Waals surface area contributed by atoms with E-state index >= 15 is 0 Å². The molecule has 0 spiro atoms. The van der Waals surface area contributed by atoms with Gasteiger partial charge in [0.05, 0.1) is 10.4 Å². The minimum Gasteiger partial charge on any atom is -0.397 e. The molecule has 0 aliphatic carbocycles. The van der Waals surface area contributed by atoms with E-state index in [9.17, 15) is 0 Å². The first-order valence-corrected chi connectivity index (χ1v) is 6.80. The van der Waals surface area contributed by atoms with Crippen molar-refractivity contribution >= 4 is 50.5 Å². The largest absolute Gasteiger partial charge is 0.397 e. The highest BCUT2D eigenvalue weighted by Gasteiger charge is 2.08. The quantitative estimate of drug-likeness (QED) is 0.491. The molecule has 74 valence electrons. The van der Waals surface area contributed by atoms with Gasteiger partial charge in [0.15, 0.2) is 0 Å². The molecule has 2 N–H and O–H groups in total. The Bertz CT molecular complexity index is 464. The molecule has 1 heterocycles. The molecular weight excluding hydrogens is 234 g/mol. The van der Waals surface area contributed by atoms with Crippen LogP contribution in [0.15, 0.2) is 22.4 Å². The summed E-state index contributed by atoms with van der Waals surface area (Å²) in [6.45, 7) is 0. The maximum absolute atomic E-state index is 6.01. The Kier molecular flexibility index (Phi) is 2.91. The molecule has 0 saturated heterocycles. The molecule has 0 amide bonds. The summed E-state index contributed by atoms with van der Waals surface area (Å²) in [4.78, 5) is 1.29. The van der Waals surface area contributed by atoms with Crippen LogP contribution in [0.2, 0.25) is 0 Å². The molecule has 0 aliphatic rings. The first kappa shape index (κ1) is 10.1. The highest BCUT2D eigenvalue weighted by molar-refractivity contribution is 7.99. The Labute approximate surface area is 96.2 Å². The number of benzene rings is 1. The van der Waals surface area contributed by atoms with Gasteiger partial charge in [-0.15, -0.1) is 34.7 Å². The molecule has 0 radical (unpaired) electrons. The van der Waals surface area contributed by atoms with Crippen molar-refractivity contribution in [1.29, 1.82) is 0 Å². The molecule has 0 aliphatic heterocycles. The molecular formula is C10H10ClNS2. The third-order valence-electron chi connectivity index (χ3n) is 2.20. The fourth-order valence-electron chi connectivity index (χ4n) is 1.41. The Balaban J connectivity index is 2.72. The molecule has 4 heteroatoms. The van der Waals surface area contributed by atoms with Gasteiger partial charge in [0.1, 0.15) is 0 Å². The van der Waals surface area contributed by atoms with E-state index in [4.69, 9.17) is 17.3 Å². The molecule has 2 aromatic rings. The Morgan fingerprint density at radius 3 is 2.93 bits per heavy atom. The monoisotopic (exact) mass is 243 g/mol. The van der Waals surface area contributed by atoms with E-state index in [-0.39, 0.29) is 0 Å². The van der Waals surface area contributed by atoms with E-state index in [1.807, 2.05) is 6.07 Å². The van der Waals surface area contributed by atoms with Gasteiger partial charge in [-0.1, -0.05) is 12.1 Å². The maximum atomic E-state index is 6.01. The third-order valence-corrected chi connectivity index (χ3v) is 4.44. The molecule has 0 bridgehead atoms. The first-order valence-electron chi connectivity index (χ1n) is 4.16. The minimum absolute atomic E-state index is 0.480. The smallest absolute Gasteiger partial charge is 0.0587 e. The number of nitrogen functional groups attached to an aromatic ring is 1. The van der Waals surface area contributed by atoms with Crippen LogP contribution < -0.4 is 5.73 Å². The van der Waals surface area contributed by atoms with Crippen molar-refractivity contribution in [3.05, 3.63) is 23.1 Å². The fraction of sp³-hybridized carbons (Fsp3) is 0.200. The van der Waals surface area contributed by atoms with E-state index in [2.05, 4.69) is 17.7 Å². The Morgan fingerprint density at radius 1 is 1.50 bits per heavy atom. The number of halogens is 1. The average molecular weight is 244 g/mol. The van der Waals surface area contributed by atoms with Crippen molar-refractivity contribution in [2.75, 3.05) is 12.0 Å². The maximum Gasteiger partial charge on any atom is 0.0587 e. The summed E-state index contributed by atoms with van der Waals surface area (Å²) >= 11 is 9.23. The van der Waals surface area contributed by atoms with E-state index in [0.717, 1.165) is 16.0 Å². The Hall–Kier alpha value is -0.380. The lowest BCUT2D eigenvalue weighted by molar-refractivity contribution is 1.43. The van der Waals surface area contributed by atoms with Crippen LogP contribution in [0.3, 0.4) is 0 Å². The fourth-order valence-corrected chi connectivity index (χ4v) is 3.54. The second-order valence-electron chi connectivity index (χ2n) is 2.95. The number of nitrogens with two attached hydrogens (primary N) is 1. The van der Waals surface area contributed by atoms with Gasteiger partial charge < -0.3 is 5.73 Å². The molecule has 0 saturated carbocycles. The summed E-state index contributed by atoms with van der Waals surface area (Å²) in [7, 11) is 0. The lowest BCUT2D eigenvalue weighted by atomic mass is 10.1. The van der Waals surface area contributed by atoms with Crippen molar-refractivity contribution in [2.45, 2.75) is 10.8 Å². The third kappa shape index (κ3) is 1.49. The zero-order valence-corrected chi connectivity index (χ0v) is 10.1. The summed E-state index contributed by atoms with van der Waals surface area (Å²) in [5.41, 5.74) is 7.87. The number of fused-ring (bicyclic) bond motifs is 1. The Morgan fingerprint density at radius 2 is 2.29 bits per heavy atom. The van der Waals surface area contributed by atoms with Gasteiger partial charge in [0.25, 0.3) is 0 Å². The lowest BCUT2D eigenvalue weighted by Crippen LogP contribution is -1.91. The predicted octanol–water partition coefficient (Wildman–Crippen LogP) is 3.94. The number of alkyl halides is 1. The summed E-state index contributed by atoms with van der Waals surface area (Å²) in [6, 6.07) is 4.11. The molecule has 2 rings (SSSR count). The van der Waals surface area contributed by atoms with Crippen molar-refractivity contribution in [2.24, 2.45) is 0 Å². The number of thiophene rings is 1. The van der Waals surface area contributed by atoms with Crippen LogP contribution in [0.1, 0.15) is 5.56 Å². The van der Waals surface area contributed by atoms with Gasteiger partial charge in [0.2, 0.25) is 0 Å². The normalized spacial score (nSPS) is 11.0. The second kappa shape index (κ2) is 4.01. The van der Waals surface area contributed by atoms with Crippen molar-refractivity contribution in [3.8, 4) is 0 Å².